The molecule has 0 fully saturated rings. The van der Waals surface area contributed by atoms with Gasteiger partial charge < -0.3 is 4.74 Å². The van der Waals surface area contributed by atoms with E-state index in [0.29, 0.717) is 30.8 Å². The number of para-hydroxylation sites is 2. The third kappa shape index (κ3) is 2.90. The Morgan fingerprint density at radius 1 is 1.26 bits per heavy atom. The van der Waals surface area contributed by atoms with Crippen molar-refractivity contribution in [1.29, 1.82) is 0 Å². The molecule has 0 N–H and O–H groups in total. The first-order valence-electron chi connectivity index (χ1n) is 5.75. The van der Waals surface area contributed by atoms with Crippen LogP contribution in [0.25, 0.3) is 11.0 Å². The maximum atomic E-state index is 12.3. The Labute approximate surface area is 119 Å². The summed E-state index contributed by atoms with van der Waals surface area (Å²) in [6, 6.07) is 6.93. The van der Waals surface area contributed by atoms with Gasteiger partial charge in [0.2, 0.25) is 0 Å². The number of ether oxygens (including phenoxy) is 1. The van der Waals surface area contributed by atoms with E-state index in [4.69, 9.17) is 27.2 Å². The van der Waals surface area contributed by atoms with Gasteiger partial charge >= 0.3 is 11.7 Å². The molecule has 0 aliphatic heterocycles. The summed E-state index contributed by atoms with van der Waals surface area (Å²) in [5.74, 6) is -3.73. The third-order valence-electron chi connectivity index (χ3n) is 2.71. The van der Waals surface area contributed by atoms with Gasteiger partial charge in [0.1, 0.15) is 0 Å². The van der Waals surface area contributed by atoms with Gasteiger partial charge in [-0.3, -0.25) is 9.13 Å². The highest BCUT2D eigenvalue weighted by Gasteiger charge is 2.25. The summed E-state index contributed by atoms with van der Waals surface area (Å²) < 4.78 is 19.5. The molecule has 1 heterocycles. The van der Waals surface area contributed by atoms with Gasteiger partial charge in [0.05, 0.1) is 24.2 Å². The van der Waals surface area contributed by atoms with Crippen LogP contribution in [0.2, 0.25) is 0 Å². The largest absolute Gasteiger partial charge is 0.380 e. The maximum absolute atomic E-state index is 12.3. The number of hydrogen-bond donors (Lipinski definition) is 0. The molecule has 2 aromatic rings. The summed E-state index contributed by atoms with van der Waals surface area (Å²) in [5.41, 5.74) is 0.597. The van der Waals surface area contributed by atoms with Gasteiger partial charge in [0, 0.05) is 6.61 Å². The number of aromatic nitrogens is 2. The lowest BCUT2D eigenvalue weighted by molar-refractivity contribution is 0.139. The first-order chi connectivity index (χ1) is 8.96. The molecule has 19 heavy (non-hydrogen) atoms. The van der Waals surface area contributed by atoms with Crippen molar-refractivity contribution in [3.63, 3.8) is 0 Å². The van der Waals surface area contributed by atoms with Crippen molar-refractivity contribution in [3.8, 4) is 0 Å². The molecule has 0 saturated carbocycles. The molecule has 1 aromatic heterocycles. The highest BCUT2D eigenvalue weighted by atomic mass is 35.9. The average Bonchev–Trinajstić information content (AvgIpc) is 2.62. The summed E-state index contributed by atoms with van der Waals surface area (Å²) in [4.78, 5) is 12.3. The molecule has 0 spiro atoms. The lowest BCUT2D eigenvalue weighted by atomic mass is 10.3. The summed E-state index contributed by atoms with van der Waals surface area (Å²) in [7, 11) is 0. The van der Waals surface area contributed by atoms with Crippen molar-refractivity contribution in [2.75, 3.05) is 13.2 Å². The highest BCUT2D eigenvalue weighted by molar-refractivity contribution is 8.07. The Bertz CT molecular complexity index is 689. The summed E-state index contributed by atoms with van der Waals surface area (Å²) in [6.07, 6.45) is 0. The van der Waals surface area contributed by atoms with E-state index in [1.165, 1.54) is 4.57 Å². The Morgan fingerprint density at radius 3 is 2.47 bits per heavy atom. The lowest BCUT2D eigenvalue weighted by Gasteiger charge is -2.03. The van der Waals surface area contributed by atoms with Crippen LogP contribution in [0.4, 0.5) is 0 Å². The van der Waals surface area contributed by atoms with Gasteiger partial charge in [0.15, 0.2) is 0 Å². The summed E-state index contributed by atoms with van der Waals surface area (Å²) >= 11 is 11.3. The first kappa shape index (κ1) is 14.7. The van der Waals surface area contributed by atoms with E-state index in [2.05, 4.69) is 0 Å². The Hall–Kier alpha value is -0.740. The fraction of sp³-hybridized carbons (Fsp3) is 0.364. The zero-order valence-electron chi connectivity index (χ0n) is 10.3. The van der Waals surface area contributed by atoms with Crippen LogP contribution in [0.5, 0.6) is 0 Å². The quantitative estimate of drug-likeness (QED) is 0.627. The fourth-order valence-electron chi connectivity index (χ4n) is 1.93. The van der Waals surface area contributed by atoms with Gasteiger partial charge in [-0.25, -0.2) is 9.13 Å². The third-order valence-corrected chi connectivity index (χ3v) is 4.47. The molecule has 2 rings (SSSR count). The van der Waals surface area contributed by atoms with E-state index in [9.17, 15) is 9.36 Å². The van der Waals surface area contributed by atoms with Crippen LogP contribution in [-0.4, -0.2) is 22.1 Å². The number of halogens is 2. The summed E-state index contributed by atoms with van der Waals surface area (Å²) in [6.45, 7) is 3.18. The van der Waals surface area contributed by atoms with Gasteiger partial charge in [-0.15, -0.1) is 0 Å². The number of rotatable bonds is 5. The number of fused-ring (bicyclic) bond motifs is 1. The minimum atomic E-state index is -3.73. The zero-order valence-corrected chi connectivity index (χ0v) is 12.7. The molecule has 0 bridgehead atoms. The molecule has 1 aromatic carbocycles. The lowest BCUT2D eigenvalue weighted by Crippen LogP contribution is -2.23. The van der Waals surface area contributed by atoms with E-state index in [0.717, 1.165) is 4.34 Å². The average molecular weight is 323 g/mol. The van der Waals surface area contributed by atoms with E-state index >= 15 is 0 Å². The van der Waals surface area contributed by atoms with Crippen LogP contribution in [0.15, 0.2) is 29.1 Å². The molecule has 5 nitrogen and oxygen atoms in total. The SMILES string of the molecule is CCOCCn1c(=O)n(P(=O)(Cl)Cl)c2ccccc21. The van der Waals surface area contributed by atoms with Crippen LogP contribution in [0, 0.1) is 0 Å². The van der Waals surface area contributed by atoms with Crippen molar-refractivity contribution < 1.29 is 9.30 Å². The van der Waals surface area contributed by atoms with Gasteiger partial charge in [-0.2, -0.15) is 0 Å². The van der Waals surface area contributed by atoms with Gasteiger partial charge in [-0.1, -0.05) is 12.1 Å². The Balaban J connectivity index is 2.61. The van der Waals surface area contributed by atoms with Gasteiger partial charge in [-0.05, 0) is 41.5 Å². The molecule has 0 radical (unpaired) electrons. The van der Waals surface area contributed by atoms with Crippen molar-refractivity contribution >= 4 is 39.5 Å². The minimum Gasteiger partial charge on any atom is -0.380 e. The standard InChI is InChI=1S/C11H13Cl2N2O3P/c1-2-18-8-7-14-9-5-3-4-6-10(9)15(11(14)16)19(12,13)17/h3-6H,2,7-8H2,1H3. The minimum absolute atomic E-state index is 0.355. The van der Waals surface area contributed by atoms with Crippen LogP contribution >= 0.6 is 28.5 Å². The predicted molar refractivity (Wildman–Crippen MR) is 77.4 cm³/mol. The highest BCUT2D eigenvalue weighted by Crippen LogP contribution is 2.57. The van der Waals surface area contributed by atoms with E-state index < -0.39 is 11.7 Å². The second-order valence-corrected chi connectivity index (χ2v) is 8.40. The molecule has 8 heteroatoms. The topological polar surface area (TPSA) is 53.2 Å². The molecule has 0 amide bonds. The van der Waals surface area contributed by atoms with Crippen LogP contribution in [-0.2, 0) is 15.8 Å². The maximum Gasteiger partial charge on any atom is 0.353 e. The first-order valence-corrected chi connectivity index (χ1v) is 9.22. The molecule has 0 aliphatic carbocycles. The van der Waals surface area contributed by atoms with E-state index in [-0.39, 0.29) is 0 Å². The van der Waals surface area contributed by atoms with E-state index in [1.54, 1.807) is 24.3 Å². The van der Waals surface area contributed by atoms with Crippen molar-refractivity contribution in [1.82, 2.24) is 8.90 Å². The summed E-state index contributed by atoms with van der Waals surface area (Å²) in [5, 5.41) is 0. The number of imidazole rings is 1. The molecule has 0 unspecified atom stereocenters. The van der Waals surface area contributed by atoms with E-state index in [1.807, 2.05) is 6.92 Å². The molecule has 0 atom stereocenters. The van der Waals surface area contributed by atoms with Gasteiger partial charge in [0.25, 0.3) is 0 Å². The predicted octanol–water partition coefficient (Wildman–Crippen LogP) is 3.27. The second-order valence-electron chi connectivity index (χ2n) is 3.87. The fourth-order valence-corrected chi connectivity index (χ4v) is 3.54. The number of nitrogens with zero attached hydrogens (tertiary/aromatic N) is 2. The molecule has 0 saturated heterocycles. The number of benzene rings is 1. The molecular formula is C11H13Cl2N2O3P. The van der Waals surface area contributed by atoms with Crippen LogP contribution < -0.4 is 5.69 Å². The van der Waals surface area contributed by atoms with Crippen molar-refractivity contribution in [2.24, 2.45) is 0 Å². The zero-order chi connectivity index (χ0) is 14.0. The molecular weight excluding hydrogens is 310 g/mol. The van der Waals surface area contributed by atoms with Crippen LogP contribution in [0.1, 0.15) is 6.92 Å². The van der Waals surface area contributed by atoms with Crippen LogP contribution in [0.3, 0.4) is 0 Å². The van der Waals surface area contributed by atoms with Crippen molar-refractivity contribution in [3.05, 3.63) is 34.7 Å². The Morgan fingerprint density at radius 2 is 1.89 bits per heavy atom. The second kappa shape index (κ2) is 5.71. The van der Waals surface area contributed by atoms with Crippen molar-refractivity contribution in [2.45, 2.75) is 13.5 Å². The monoisotopic (exact) mass is 322 g/mol. The normalized spacial score (nSPS) is 12.2. The number of hydrogen-bond acceptors (Lipinski definition) is 3. The molecule has 0 aliphatic rings. The Kier molecular flexibility index (Phi) is 4.41. The molecule has 104 valence electrons. The smallest absolute Gasteiger partial charge is 0.353 e.